The normalized spacial score (nSPS) is 16.7. The van der Waals surface area contributed by atoms with Gasteiger partial charge in [-0.15, -0.1) is 0 Å². The minimum atomic E-state index is 0.124. The Hall–Kier alpha value is -1.29. The van der Waals surface area contributed by atoms with Gasteiger partial charge < -0.3 is 0 Å². The number of fused-ring (bicyclic) bond motifs is 1. The summed E-state index contributed by atoms with van der Waals surface area (Å²) in [6.45, 7) is 4.35. The lowest BCUT2D eigenvalue weighted by Crippen LogP contribution is -2.23. The first-order chi connectivity index (χ1) is 9.20. The van der Waals surface area contributed by atoms with Crippen LogP contribution in [0.15, 0.2) is 34.2 Å². The highest BCUT2D eigenvalue weighted by Crippen LogP contribution is 2.37. The minimum Gasteiger partial charge on any atom is -0.284 e. The van der Waals surface area contributed by atoms with Gasteiger partial charge in [0.15, 0.2) is 5.16 Å². The number of nitrogens with zero attached hydrogens (tertiary/aromatic N) is 2. The molecule has 0 aliphatic heterocycles. The number of hydrogen-bond acceptors (Lipinski definition) is 3. The summed E-state index contributed by atoms with van der Waals surface area (Å²) in [7, 11) is 0. The summed E-state index contributed by atoms with van der Waals surface area (Å²) in [4.78, 5) is 17.3. The number of aromatic nitrogens is 2. The molecule has 2 aromatic rings. The van der Waals surface area contributed by atoms with Crippen molar-refractivity contribution in [3.63, 3.8) is 0 Å². The van der Waals surface area contributed by atoms with Gasteiger partial charge in [0, 0.05) is 11.3 Å². The molecule has 100 valence electrons. The number of rotatable bonds is 4. The van der Waals surface area contributed by atoms with Crippen molar-refractivity contribution in [3.8, 4) is 0 Å². The predicted molar refractivity (Wildman–Crippen MR) is 79.9 cm³/mol. The van der Waals surface area contributed by atoms with E-state index in [1.165, 1.54) is 0 Å². The highest BCUT2D eigenvalue weighted by Gasteiger charge is 2.28. The Morgan fingerprint density at radius 1 is 1.42 bits per heavy atom. The van der Waals surface area contributed by atoms with Crippen LogP contribution in [0.3, 0.4) is 0 Å². The summed E-state index contributed by atoms with van der Waals surface area (Å²) < 4.78 is 1.92. The molecule has 1 aromatic carbocycles. The first-order valence-corrected chi connectivity index (χ1v) is 7.76. The fourth-order valence-electron chi connectivity index (χ4n) is 2.13. The maximum absolute atomic E-state index is 12.6. The lowest BCUT2D eigenvalue weighted by Gasteiger charge is -2.14. The second-order valence-electron chi connectivity index (χ2n) is 5.15. The Morgan fingerprint density at radius 3 is 2.84 bits per heavy atom. The van der Waals surface area contributed by atoms with Gasteiger partial charge in [0.2, 0.25) is 0 Å². The molecule has 3 nitrogen and oxygen atoms in total. The molecule has 0 amide bonds. The molecule has 3 rings (SSSR count). The molecule has 0 saturated heterocycles. The zero-order valence-corrected chi connectivity index (χ0v) is 12.1. The van der Waals surface area contributed by atoms with E-state index in [0.717, 1.165) is 35.3 Å². The smallest absolute Gasteiger partial charge is 0.262 e. The topological polar surface area (TPSA) is 34.9 Å². The van der Waals surface area contributed by atoms with Crippen LogP contribution < -0.4 is 5.56 Å². The zero-order chi connectivity index (χ0) is 13.4. The van der Waals surface area contributed by atoms with Crippen molar-refractivity contribution in [1.29, 1.82) is 0 Å². The second-order valence-corrected chi connectivity index (χ2v) is 6.56. The van der Waals surface area contributed by atoms with Crippen molar-refractivity contribution in [2.45, 2.75) is 49.6 Å². The fourth-order valence-corrected chi connectivity index (χ4v) is 3.15. The van der Waals surface area contributed by atoms with E-state index in [-0.39, 0.29) is 5.56 Å². The van der Waals surface area contributed by atoms with Crippen molar-refractivity contribution in [3.05, 3.63) is 34.6 Å². The van der Waals surface area contributed by atoms with Crippen molar-refractivity contribution in [2.24, 2.45) is 0 Å². The molecule has 1 atom stereocenters. The van der Waals surface area contributed by atoms with Gasteiger partial charge in [-0.3, -0.25) is 9.36 Å². The van der Waals surface area contributed by atoms with Gasteiger partial charge in [0.05, 0.1) is 10.9 Å². The number of benzene rings is 1. The van der Waals surface area contributed by atoms with Gasteiger partial charge in [-0.2, -0.15) is 0 Å². The van der Waals surface area contributed by atoms with Crippen molar-refractivity contribution < 1.29 is 0 Å². The molecule has 0 radical (unpaired) electrons. The monoisotopic (exact) mass is 274 g/mol. The lowest BCUT2D eigenvalue weighted by atomic mass is 10.2. The molecular weight excluding hydrogens is 256 g/mol. The third kappa shape index (κ3) is 2.41. The SMILES string of the molecule is CCC(C)Sc1nc2ccccc2c(=O)n1C1CC1. The molecule has 1 unspecified atom stereocenters. The molecule has 1 fully saturated rings. The molecule has 1 aliphatic rings. The molecule has 1 saturated carbocycles. The minimum absolute atomic E-state index is 0.124. The van der Waals surface area contributed by atoms with Crippen LogP contribution in [0.25, 0.3) is 10.9 Å². The highest BCUT2D eigenvalue weighted by molar-refractivity contribution is 7.99. The highest BCUT2D eigenvalue weighted by atomic mass is 32.2. The van der Waals surface area contributed by atoms with Gasteiger partial charge in [0.25, 0.3) is 5.56 Å². The Morgan fingerprint density at radius 2 is 2.16 bits per heavy atom. The van der Waals surface area contributed by atoms with E-state index in [2.05, 4.69) is 13.8 Å². The van der Waals surface area contributed by atoms with Crippen LogP contribution in [0.2, 0.25) is 0 Å². The average Bonchev–Trinajstić information content (AvgIpc) is 3.23. The van der Waals surface area contributed by atoms with E-state index >= 15 is 0 Å². The van der Waals surface area contributed by atoms with E-state index in [4.69, 9.17) is 4.98 Å². The third-order valence-electron chi connectivity index (χ3n) is 3.57. The average molecular weight is 274 g/mol. The van der Waals surface area contributed by atoms with Crippen molar-refractivity contribution >= 4 is 22.7 Å². The molecule has 19 heavy (non-hydrogen) atoms. The molecule has 4 heteroatoms. The molecule has 1 heterocycles. The quantitative estimate of drug-likeness (QED) is 0.631. The van der Waals surface area contributed by atoms with Crippen LogP contribution in [0.4, 0.5) is 0 Å². The summed E-state index contributed by atoms with van der Waals surface area (Å²) in [5, 5.41) is 2.11. The van der Waals surface area contributed by atoms with E-state index in [0.29, 0.717) is 11.3 Å². The zero-order valence-electron chi connectivity index (χ0n) is 11.3. The van der Waals surface area contributed by atoms with Gasteiger partial charge in [-0.25, -0.2) is 4.98 Å². The van der Waals surface area contributed by atoms with Gasteiger partial charge >= 0.3 is 0 Å². The first kappa shape index (κ1) is 12.7. The fraction of sp³-hybridized carbons (Fsp3) is 0.467. The molecular formula is C15H18N2OS. The van der Waals surface area contributed by atoms with Crippen LogP contribution in [-0.4, -0.2) is 14.8 Å². The molecule has 0 bridgehead atoms. The second kappa shape index (κ2) is 5.00. The first-order valence-electron chi connectivity index (χ1n) is 6.88. The Bertz CT molecular complexity index is 661. The van der Waals surface area contributed by atoms with Crippen molar-refractivity contribution in [2.75, 3.05) is 0 Å². The van der Waals surface area contributed by atoms with Crippen LogP contribution in [0.1, 0.15) is 39.2 Å². The molecule has 1 aromatic heterocycles. The number of thioether (sulfide) groups is 1. The van der Waals surface area contributed by atoms with E-state index in [9.17, 15) is 4.79 Å². The van der Waals surface area contributed by atoms with Crippen molar-refractivity contribution in [1.82, 2.24) is 9.55 Å². The molecule has 0 spiro atoms. The van der Waals surface area contributed by atoms with Crippen LogP contribution in [0.5, 0.6) is 0 Å². The summed E-state index contributed by atoms with van der Waals surface area (Å²) in [5.41, 5.74) is 0.939. The van der Waals surface area contributed by atoms with E-state index in [1.54, 1.807) is 11.8 Å². The van der Waals surface area contributed by atoms with Gasteiger partial charge in [-0.1, -0.05) is 37.7 Å². The Kier molecular flexibility index (Phi) is 3.35. The number of hydrogen-bond donors (Lipinski definition) is 0. The van der Waals surface area contributed by atoms with Gasteiger partial charge in [-0.05, 0) is 31.4 Å². The van der Waals surface area contributed by atoms with E-state index < -0.39 is 0 Å². The summed E-state index contributed by atoms with van der Waals surface area (Å²) in [6.07, 6.45) is 3.29. The van der Waals surface area contributed by atoms with Gasteiger partial charge in [0.1, 0.15) is 0 Å². The summed E-state index contributed by atoms with van der Waals surface area (Å²) in [5.74, 6) is 0. The van der Waals surface area contributed by atoms with E-state index in [1.807, 2.05) is 28.8 Å². The molecule has 1 aliphatic carbocycles. The standard InChI is InChI=1S/C15H18N2OS/c1-3-10(2)19-15-16-13-7-5-4-6-12(13)14(18)17(15)11-8-9-11/h4-7,10-11H,3,8-9H2,1-2H3. The maximum Gasteiger partial charge on any atom is 0.262 e. The third-order valence-corrected chi connectivity index (χ3v) is 4.80. The maximum atomic E-state index is 12.6. The summed E-state index contributed by atoms with van der Waals surface area (Å²) in [6, 6.07) is 8.02. The molecule has 0 N–H and O–H groups in total. The lowest BCUT2D eigenvalue weighted by molar-refractivity contribution is 0.616. The Balaban J connectivity index is 2.18. The van der Waals surface area contributed by atoms with Crippen LogP contribution in [0, 0.1) is 0 Å². The van der Waals surface area contributed by atoms with Crippen LogP contribution in [-0.2, 0) is 0 Å². The summed E-state index contributed by atoms with van der Waals surface area (Å²) >= 11 is 1.72. The number of para-hydroxylation sites is 1. The van der Waals surface area contributed by atoms with Crippen LogP contribution >= 0.6 is 11.8 Å². The predicted octanol–water partition coefficient (Wildman–Crippen LogP) is 3.62. The Labute approximate surface area is 117 Å². The largest absolute Gasteiger partial charge is 0.284 e.